The van der Waals surface area contributed by atoms with Crippen molar-refractivity contribution in [2.75, 3.05) is 11.4 Å². The Morgan fingerprint density at radius 2 is 2.10 bits per heavy atom. The first-order chi connectivity index (χ1) is 9.58. The molecule has 0 unspecified atom stereocenters. The van der Waals surface area contributed by atoms with Crippen molar-refractivity contribution in [1.29, 1.82) is 0 Å². The summed E-state index contributed by atoms with van der Waals surface area (Å²) in [5, 5.41) is 12.2. The molecule has 5 nitrogen and oxygen atoms in total. The van der Waals surface area contributed by atoms with Gasteiger partial charge in [-0.3, -0.25) is 0 Å². The van der Waals surface area contributed by atoms with Crippen LogP contribution in [-0.4, -0.2) is 28.6 Å². The molecule has 1 aromatic rings. The number of nitrogens with two attached hydrogens (primary N) is 1. The Labute approximate surface area is 120 Å². The van der Waals surface area contributed by atoms with E-state index < -0.39 is 0 Å². The molecule has 1 fully saturated rings. The molecule has 2 rings (SSSR count). The van der Waals surface area contributed by atoms with Crippen LogP contribution in [0.3, 0.4) is 0 Å². The van der Waals surface area contributed by atoms with Gasteiger partial charge in [-0.15, -0.1) is 0 Å². The van der Waals surface area contributed by atoms with Crippen LogP contribution in [0.5, 0.6) is 0 Å². The molecule has 1 aromatic heterocycles. The molecule has 1 aliphatic rings. The van der Waals surface area contributed by atoms with E-state index in [9.17, 15) is 0 Å². The minimum Gasteiger partial charge on any atom is -0.409 e. The predicted octanol–water partition coefficient (Wildman–Crippen LogP) is 2.56. The average molecular weight is 276 g/mol. The highest BCUT2D eigenvalue weighted by Gasteiger charge is 2.26. The number of aryl methyl sites for hydroxylation is 2. The van der Waals surface area contributed by atoms with E-state index in [1.165, 1.54) is 25.7 Å². The van der Waals surface area contributed by atoms with Gasteiger partial charge in [-0.25, -0.2) is 4.98 Å². The molecule has 0 radical (unpaired) electrons. The summed E-state index contributed by atoms with van der Waals surface area (Å²) < 4.78 is 0. The minimum atomic E-state index is 0.140. The fourth-order valence-corrected chi connectivity index (χ4v) is 3.19. The van der Waals surface area contributed by atoms with Crippen LogP contribution in [0.15, 0.2) is 11.2 Å². The fraction of sp³-hybridized carbons (Fsp3) is 0.600. The van der Waals surface area contributed by atoms with Crippen LogP contribution in [-0.2, 0) is 0 Å². The molecule has 0 aromatic carbocycles. The van der Waals surface area contributed by atoms with Crippen molar-refractivity contribution in [2.45, 2.75) is 52.5 Å². The highest BCUT2D eigenvalue weighted by molar-refractivity contribution is 6.02. The molecular formula is C15H24N4O. The first-order valence-corrected chi connectivity index (χ1v) is 7.31. The molecule has 0 amide bonds. The second-order valence-corrected chi connectivity index (χ2v) is 5.49. The van der Waals surface area contributed by atoms with Crippen LogP contribution in [0, 0.1) is 13.8 Å². The first kappa shape index (κ1) is 14.6. The number of hydrogen-bond donors (Lipinski definition) is 2. The summed E-state index contributed by atoms with van der Waals surface area (Å²) in [7, 11) is 0. The van der Waals surface area contributed by atoms with Crippen LogP contribution in [0.1, 0.15) is 49.4 Å². The molecule has 3 N–H and O–H groups in total. The van der Waals surface area contributed by atoms with Gasteiger partial charge in [0.15, 0.2) is 5.84 Å². The van der Waals surface area contributed by atoms with Crippen LogP contribution in [0.25, 0.3) is 0 Å². The molecule has 0 aliphatic heterocycles. The third-order valence-corrected chi connectivity index (χ3v) is 4.07. The smallest absolute Gasteiger partial charge is 0.174 e. The van der Waals surface area contributed by atoms with Gasteiger partial charge < -0.3 is 15.8 Å². The van der Waals surface area contributed by atoms with Crippen molar-refractivity contribution < 1.29 is 5.21 Å². The Bertz CT molecular complexity index is 507. The highest BCUT2D eigenvalue weighted by atomic mass is 16.4. The Morgan fingerprint density at radius 3 is 2.65 bits per heavy atom. The van der Waals surface area contributed by atoms with Gasteiger partial charge in [0.2, 0.25) is 0 Å². The molecule has 1 saturated carbocycles. The number of nitrogens with zero attached hydrogens (tertiary/aromatic N) is 3. The third-order valence-electron chi connectivity index (χ3n) is 4.07. The van der Waals surface area contributed by atoms with Gasteiger partial charge in [-0.1, -0.05) is 18.0 Å². The van der Waals surface area contributed by atoms with E-state index in [0.717, 1.165) is 29.2 Å². The number of aromatic nitrogens is 1. The molecule has 110 valence electrons. The molecular weight excluding hydrogens is 252 g/mol. The molecule has 0 atom stereocenters. The van der Waals surface area contributed by atoms with E-state index >= 15 is 0 Å². The molecule has 1 heterocycles. The Hall–Kier alpha value is -1.78. The molecule has 20 heavy (non-hydrogen) atoms. The lowest BCUT2D eigenvalue weighted by atomic mass is 10.1. The molecule has 0 saturated heterocycles. The summed E-state index contributed by atoms with van der Waals surface area (Å²) in [6.07, 6.45) is 4.92. The van der Waals surface area contributed by atoms with Crippen LogP contribution in [0.4, 0.5) is 5.82 Å². The third kappa shape index (κ3) is 2.71. The van der Waals surface area contributed by atoms with E-state index in [-0.39, 0.29) is 5.84 Å². The maximum atomic E-state index is 9.04. The quantitative estimate of drug-likeness (QED) is 0.383. The SMILES string of the molecule is CCN(c1nc(C)cc(C)c1/C(N)=N/O)C1CCCC1. The minimum absolute atomic E-state index is 0.140. The maximum absolute atomic E-state index is 9.04. The second-order valence-electron chi connectivity index (χ2n) is 5.49. The number of hydrogen-bond acceptors (Lipinski definition) is 4. The first-order valence-electron chi connectivity index (χ1n) is 7.31. The standard InChI is InChI=1S/C15H24N4O/c1-4-19(12-7-5-6-8-12)15-13(14(16)18-20)10(2)9-11(3)17-15/h9,12,20H,4-8H2,1-3H3,(H2,16,18). The van der Waals surface area contributed by atoms with Gasteiger partial charge >= 0.3 is 0 Å². The van der Waals surface area contributed by atoms with Crippen molar-refractivity contribution in [3.63, 3.8) is 0 Å². The summed E-state index contributed by atoms with van der Waals surface area (Å²) in [4.78, 5) is 6.98. The van der Waals surface area contributed by atoms with E-state index in [1.807, 2.05) is 19.9 Å². The summed E-state index contributed by atoms with van der Waals surface area (Å²) in [5.41, 5.74) is 8.59. The van der Waals surface area contributed by atoms with Gasteiger partial charge in [0.1, 0.15) is 5.82 Å². The summed E-state index contributed by atoms with van der Waals surface area (Å²) >= 11 is 0. The fourth-order valence-electron chi connectivity index (χ4n) is 3.19. The van der Waals surface area contributed by atoms with E-state index in [2.05, 4.69) is 22.0 Å². The van der Waals surface area contributed by atoms with Gasteiger partial charge in [0, 0.05) is 18.3 Å². The number of amidine groups is 1. The Morgan fingerprint density at radius 1 is 1.45 bits per heavy atom. The van der Waals surface area contributed by atoms with Crippen molar-refractivity contribution in [1.82, 2.24) is 4.98 Å². The number of anilines is 1. The van der Waals surface area contributed by atoms with Gasteiger partial charge in [0.05, 0.1) is 5.56 Å². The summed E-state index contributed by atoms with van der Waals surface area (Å²) in [6, 6.07) is 2.48. The predicted molar refractivity (Wildman–Crippen MR) is 81.5 cm³/mol. The van der Waals surface area contributed by atoms with Crippen molar-refractivity contribution >= 4 is 11.7 Å². The van der Waals surface area contributed by atoms with Gasteiger partial charge in [-0.2, -0.15) is 0 Å². The van der Waals surface area contributed by atoms with Crippen molar-refractivity contribution in [3.05, 3.63) is 22.9 Å². The Kier molecular flexibility index (Phi) is 4.47. The van der Waals surface area contributed by atoms with Gasteiger partial charge in [-0.05, 0) is 45.2 Å². The zero-order valence-corrected chi connectivity index (χ0v) is 12.6. The summed E-state index contributed by atoms with van der Waals surface area (Å²) in [5.74, 6) is 0.994. The lowest BCUT2D eigenvalue weighted by Crippen LogP contribution is -2.36. The molecule has 5 heteroatoms. The maximum Gasteiger partial charge on any atom is 0.174 e. The number of rotatable bonds is 4. The van der Waals surface area contributed by atoms with E-state index in [1.54, 1.807) is 0 Å². The van der Waals surface area contributed by atoms with Crippen LogP contribution >= 0.6 is 0 Å². The molecule has 0 bridgehead atoms. The Balaban J connectivity index is 2.52. The lowest BCUT2D eigenvalue weighted by Gasteiger charge is -2.31. The highest BCUT2D eigenvalue weighted by Crippen LogP contribution is 2.30. The molecule has 0 spiro atoms. The topological polar surface area (TPSA) is 74.7 Å². The second kappa shape index (κ2) is 6.11. The normalized spacial score (nSPS) is 16.6. The molecule has 1 aliphatic carbocycles. The van der Waals surface area contributed by atoms with E-state index in [4.69, 9.17) is 10.9 Å². The van der Waals surface area contributed by atoms with Crippen molar-refractivity contribution in [2.24, 2.45) is 10.9 Å². The largest absolute Gasteiger partial charge is 0.409 e. The zero-order chi connectivity index (χ0) is 14.7. The number of oxime groups is 1. The number of pyridine rings is 1. The summed E-state index contributed by atoms with van der Waals surface area (Å²) in [6.45, 7) is 6.98. The van der Waals surface area contributed by atoms with Gasteiger partial charge in [0.25, 0.3) is 0 Å². The monoisotopic (exact) mass is 276 g/mol. The zero-order valence-electron chi connectivity index (χ0n) is 12.6. The van der Waals surface area contributed by atoms with Crippen LogP contribution < -0.4 is 10.6 Å². The van der Waals surface area contributed by atoms with Crippen LogP contribution in [0.2, 0.25) is 0 Å². The van der Waals surface area contributed by atoms with Crippen molar-refractivity contribution in [3.8, 4) is 0 Å². The lowest BCUT2D eigenvalue weighted by molar-refractivity contribution is 0.318. The van der Waals surface area contributed by atoms with E-state index in [0.29, 0.717) is 6.04 Å². The average Bonchev–Trinajstić information content (AvgIpc) is 2.92.